The molecule has 0 atom stereocenters. The van der Waals surface area contributed by atoms with E-state index in [1.807, 2.05) is 13.2 Å². The predicted molar refractivity (Wildman–Crippen MR) is 63.2 cm³/mol. The number of anilines is 1. The summed E-state index contributed by atoms with van der Waals surface area (Å²) in [4.78, 5) is 11.6. The Bertz CT molecular complexity index is 336. The first-order valence-corrected chi connectivity index (χ1v) is 6.20. The highest BCUT2D eigenvalue weighted by Gasteiger charge is 2.12. The molecule has 84 valence electrons. The summed E-state index contributed by atoms with van der Waals surface area (Å²) in [6.07, 6.45) is 3.71. The molecule has 4 nitrogen and oxygen atoms in total. The minimum absolute atomic E-state index is 0.303. The average molecular weight is 228 g/mol. The summed E-state index contributed by atoms with van der Waals surface area (Å²) in [5.74, 6) is 0.510. The van der Waals surface area contributed by atoms with Crippen LogP contribution < -0.4 is 5.73 Å². The number of nitrogens with two attached hydrogens (primary N) is 1. The third-order valence-electron chi connectivity index (χ3n) is 1.99. The van der Waals surface area contributed by atoms with E-state index in [4.69, 9.17) is 10.5 Å². The molecule has 5 heteroatoms. The van der Waals surface area contributed by atoms with E-state index in [0.29, 0.717) is 24.5 Å². The van der Waals surface area contributed by atoms with E-state index in [1.54, 1.807) is 28.6 Å². The molecule has 1 heterocycles. The maximum Gasteiger partial charge on any atom is 0.355 e. The lowest BCUT2D eigenvalue weighted by Gasteiger charge is -2.05. The van der Waals surface area contributed by atoms with Gasteiger partial charge < -0.3 is 15.0 Å². The van der Waals surface area contributed by atoms with Crippen LogP contribution in [0.4, 0.5) is 5.69 Å². The van der Waals surface area contributed by atoms with Crippen molar-refractivity contribution < 1.29 is 9.53 Å². The number of aryl methyl sites for hydroxylation is 1. The number of esters is 1. The molecule has 0 aromatic carbocycles. The van der Waals surface area contributed by atoms with E-state index in [1.165, 1.54) is 0 Å². The maximum atomic E-state index is 11.6. The van der Waals surface area contributed by atoms with Gasteiger partial charge >= 0.3 is 5.97 Å². The van der Waals surface area contributed by atoms with Crippen molar-refractivity contribution >= 4 is 23.4 Å². The Labute approximate surface area is 93.8 Å². The second-order valence-electron chi connectivity index (χ2n) is 3.07. The van der Waals surface area contributed by atoms with Crippen LogP contribution in [-0.2, 0) is 11.3 Å². The van der Waals surface area contributed by atoms with E-state index in [-0.39, 0.29) is 5.97 Å². The molecule has 2 N–H and O–H groups in total. The molecular weight excluding hydrogens is 212 g/mol. The van der Waals surface area contributed by atoms with E-state index in [2.05, 4.69) is 0 Å². The molecule has 0 bridgehead atoms. The lowest BCUT2D eigenvalue weighted by Crippen LogP contribution is -2.12. The maximum absolute atomic E-state index is 11.6. The Kier molecular flexibility index (Phi) is 4.55. The Balaban J connectivity index is 2.64. The van der Waals surface area contributed by atoms with Gasteiger partial charge in [0.05, 0.1) is 5.69 Å². The van der Waals surface area contributed by atoms with Gasteiger partial charge in [0.15, 0.2) is 0 Å². The van der Waals surface area contributed by atoms with Crippen molar-refractivity contribution in [2.45, 2.75) is 13.5 Å². The van der Waals surface area contributed by atoms with Crippen molar-refractivity contribution in [3.63, 3.8) is 0 Å². The smallest absolute Gasteiger partial charge is 0.355 e. The predicted octanol–water partition coefficient (Wildman–Crippen LogP) is 1.61. The third kappa shape index (κ3) is 3.20. The largest absolute Gasteiger partial charge is 0.460 e. The Morgan fingerprint density at radius 3 is 3.00 bits per heavy atom. The standard InChI is InChI=1S/C10H16N2O2S/c1-3-12-7-8(11)6-9(12)10(13)14-4-5-15-2/h6-7H,3-5,11H2,1-2H3. The normalized spacial score (nSPS) is 10.3. The molecule has 0 fully saturated rings. The van der Waals surface area contributed by atoms with Crippen molar-refractivity contribution in [2.75, 3.05) is 24.3 Å². The number of ether oxygens (including phenoxy) is 1. The highest BCUT2D eigenvalue weighted by molar-refractivity contribution is 7.98. The summed E-state index contributed by atoms with van der Waals surface area (Å²) in [7, 11) is 0. The van der Waals surface area contributed by atoms with Crippen molar-refractivity contribution in [1.82, 2.24) is 4.57 Å². The summed E-state index contributed by atoms with van der Waals surface area (Å²) < 4.78 is 6.88. The Morgan fingerprint density at radius 2 is 2.40 bits per heavy atom. The minimum atomic E-state index is -0.303. The molecule has 1 rings (SSSR count). The van der Waals surface area contributed by atoms with Crippen LogP contribution in [0.15, 0.2) is 12.3 Å². The molecule has 0 amide bonds. The van der Waals surface area contributed by atoms with Crippen molar-refractivity contribution in [1.29, 1.82) is 0 Å². The van der Waals surface area contributed by atoms with Crippen LogP contribution >= 0.6 is 11.8 Å². The van der Waals surface area contributed by atoms with Gasteiger partial charge in [0, 0.05) is 18.5 Å². The van der Waals surface area contributed by atoms with E-state index in [0.717, 1.165) is 5.75 Å². The van der Waals surface area contributed by atoms with Crippen LogP contribution in [0.25, 0.3) is 0 Å². The van der Waals surface area contributed by atoms with Gasteiger partial charge in [-0.3, -0.25) is 0 Å². The number of thioether (sulfide) groups is 1. The van der Waals surface area contributed by atoms with Crippen LogP contribution in [0.3, 0.4) is 0 Å². The minimum Gasteiger partial charge on any atom is -0.460 e. The highest BCUT2D eigenvalue weighted by atomic mass is 32.2. The number of hydrogen-bond donors (Lipinski definition) is 1. The van der Waals surface area contributed by atoms with Gasteiger partial charge in [-0.25, -0.2) is 4.79 Å². The molecule has 0 saturated carbocycles. The molecule has 1 aromatic rings. The number of hydrogen-bond acceptors (Lipinski definition) is 4. The summed E-state index contributed by atoms with van der Waals surface area (Å²) in [5, 5.41) is 0. The molecule has 1 aromatic heterocycles. The first kappa shape index (κ1) is 12.0. The summed E-state index contributed by atoms with van der Waals surface area (Å²) in [6, 6.07) is 1.64. The van der Waals surface area contributed by atoms with Gasteiger partial charge in [0.2, 0.25) is 0 Å². The van der Waals surface area contributed by atoms with Crippen LogP contribution in [0.2, 0.25) is 0 Å². The van der Waals surface area contributed by atoms with Gasteiger partial charge in [-0.2, -0.15) is 11.8 Å². The third-order valence-corrected chi connectivity index (χ3v) is 2.56. The SMILES string of the molecule is CCn1cc(N)cc1C(=O)OCCSC. The van der Waals surface area contributed by atoms with Gasteiger partial charge in [0.1, 0.15) is 12.3 Å². The van der Waals surface area contributed by atoms with Crippen LogP contribution in [0.5, 0.6) is 0 Å². The summed E-state index contributed by atoms with van der Waals surface area (Å²) >= 11 is 1.65. The summed E-state index contributed by atoms with van der Waals surface area (Å²) in [5.41, 5.74) is 6.73. The van der Waals surface area contributed by atoms with Crippen molar-refractivity contribution in [3.05, 3.63) is 18.0 Å². The fourth-order valence-electron chi connectivity index (χ4n) is 1.26. The number of nitrogen functional groups attached to an aromatic ring is 1. The molecule has 0 saturated heterocycles. The summed E-state index contributed by atoms with van der Waals surface area (Å²) in [6.45, 7) is 3.11. The van der Waals surface area contributed by atoms with Crippen molar-refractivity contribution in [3.8, 4) is 0 Å². The lowest BCUT2D eigenvalue weighted by molar-refractivity contribution is 0.0518. The lowest BCUT2D eigenvalue weighted by atomic mass is 10.4. The molecule has 0 aliphatic carbocycles. The first-order valence-electron chi connectivity index (χ1n) is 4.80. The first-order chi connectivity index (χ1) is 7.19. The average Bonchev–Trinajstić information content (AvgIpc) is 2.60. The molecule has 0 aliphatic rings. The number of aromatic nitrogens is 1. The van der Waals surface area contributed by atoms with Crippen LogP contribution in [0.1, 0.15) is 17.4 Å². The highest BCUT2D eigenvalue weighted by Crippen LogP contribution is 2.11. The quantitative estimate of drug-likeness (QED) is 0.614. The molecule has 0 radical (unpaired) electrons. The van der Waals surface area contributed by atoms with Crippen molar-refractivity contribution in [2.24, 2.45) is 0 Å². The second-order valence-corrected chi connectivity index (χ2v) is 4.06. The van der Waals surface area contributed by atoms with Crippen LogP contribution in [0, 0.1) is 0 Å². The zero-order chi connectivity index (χ0) is 11.3. The number of rotatable bonds is 5. The van der Waals surface area contributed by atoms with Gasteiger partial charge in [0.25, 0.3) is 0 Å². The zero-order valence-corrected chi connectivity index (χ0v) is 9.84. The monoisotopic (exact) mass is 228 g/mol. The Hall–Kier alpha value is -1.10. The number of carbonyl (C=O) groups excluding carboxylic acids is 1. The number of carbonyl (C=O) groups is 1. The molecular formula is C10H16N2O2S. The van der Waals surface area contributed by atoms with Gasteiger partial charge in [-0.05, 0) is 19.2 Å². The molecule has 15 heavy (non-hydrogen) atoms. The fourth-order valence-corrected chi connectivity index (χ4v) is 1.51. The zero-order valence-electron chi connectivity index (χ0n) is 9.03. The molecule has 0 aliphatic heterocycles. The molecule has 0 unspecified atom stereocenters. The van der Waals surface area contributed by atoms with E-state index >= 15 is 0 Å². The molecule has 0 spiro atoms. The van der Waals surface area contributed by atoms with Crippen LogP contribution in [-0.4, -0.2) is 29.2 Å². The van der Waals surface area contributed by atoms with E-state index in [9.17, 15) is 4.79 Å². The topological polar surface area (TPSA) is 57.2 Å². The second kappa shape index (κ2) is 5.70. The van der Waals surface area contributed by atoms with E-state index < -0.39 is 0 Å². The fraction of sp³-hybridized carbons (Fsp3) is 0.500. The van der Waals surface area contributed by atoms with Gasteiger partial charge in [-0.15, -0.1) is 0 Å². The Morgan fingerprint density at radius 1 is 1.67 bits per heavy atom. The van der Waals surface area contributed by atoms with Gasteiger partial charge in [-0.1, -0.05) is 0 Å². The number of nitrogens with zero attached hydrogens (tertiary/aromatic N) is 1.